The molecule has 1 atom stereocenters. The van der Waals surface area contributed by atoms with Crippen molar-refractivity contribution in [2.24, 2.45) is 0 Å². The second-order valence-corrected chi connectivity index (χ2v) is 4.61. The summed E-state index contributed by atoms with van der Waals surface area (Å²) in [6.07, 6.45) is 2.57. The Morgan fingerprint density at radius 2 is 2.13 bits per heavy atom. The molecule has 1 aromatic carbocycles. The van der Waals surface area contributed by atoms with Crippen LogP contribution in [0.1, 0.15) is 23.6 Å². The second-order valence-electron chi connectivity index (χ2n) is 4.61. The van der Waals surface area contributed by atoms with E-state index in [-0.39, 0.29) is 0 Å². The van der Waals surface area contributed by atoms with Crippen molar-refractivity contribution in [3.63, 3.8) is 0 Å². The number of fused-ring (bicyclic) bond motifs is 1. The molecule has 0 amide bonds. The summed E-state index contributed by atoms with van der Waals surface area (Å²) in [6.45, 7) is 4.91. The van der Waals surface area contributed by atoms with Gasteiger partial charge in [-0.2, -0.15) is 0 Å². The van der Waals surface area contributed by atoms with Crippen molar-refractivity contribution in [1.82, 2.24) is 10.2 Å². The minimum absolute atomic E-state index is 0.565. The number of hydrogen-bond acceptors (Lipinski definition) is 2. The molecule has 0 unspecified atom stereocenters. The molecule has 1 saturated heterocycles. The summed E-state index contributed by atoms with van der Waals surface area (Å²) in [5.74, 6) is 0. The zero-order chi connectivity index (χ0) is 10.1. The lowest BCUT2D eigenvalue weighted by atomic mass is 9.93. The summed E-state index contributed by atoms with van der Waals surface area (Å²) >= 11 is 0. The minimum Gasteiger partial charge on any atom is -0.309 e. The van der Waals surface area contributed by atoms with E-state index >= 15 is 0 Å². The number of rotatable bonds is 2. The van der Waals surface area contributed by atoms with E-state index in [4.69, 9.17) is 0 Å². The van der Waals surface area contributed by atoms with E-state index in [0.717, 1.165) is 6.54 Å². The van der Waals surface area contributed by atoms with Gasteiger partial charge in [-0.25, -0.2) is 0 Å². The molecule has 0 aromatic heterocycles. The van der Waals surface area contributed by atoms with Gasteiger partial charge in [-0.1, -0.05) is 24.3 Å². The number of likely N-dealkylation sites (tertiary alicyclic amines) is 1. The molecule has 1 aromatic rings. The maximum absolute atomic E-state index is 3.63. The van der Waals surface area contributed by atoms with Gasteiger partial charge in [0.1, 0.15) is 0 Å². The Hall–Kier alpha value is -0.860. The van der Waals surface area contributed by atoms with Gasteiger partial charge in [0.2, 0.25) is 0 Å². The highest BCUT2D eigenvalue weighted by Gasteiger charge is 2.23. The summed E-state index contributed by atoms with van der Waals surface area (Å²) < 4.78 is 0. The van der Waals surface area contributed by atoms with Crippen LogP contribution in [0.3, 0.4) is 0 Å². The van der Waals surface area contributed by atoms with Crippen LogP contribution in [0.4, 0.5) is 0 Å². The van der Waals surface area contributed by atoms with E-state index in [9.17, 15) is 0 Å². The van der Waals surface area contributed by atoms with Crippen LogP contribution in [0.15, 0.2) is 24.3 Å². The van der Waals surface area contributed by atoms with Crippen molar-refractivity contribution in [2.75, 3.05) is 26.2 Å². The molecule has 80 valence electrons. The smallest absolute Gasteiger partial charge is 0.0452 e. The van der Waals surface area contributed by atoms with Crippen LogP contribution in [0.2, 0.25) is 0 Å². The molecule has 0 aliphatic carbocycles. The SMILES string of the molecule is c1ccc2c(c1)CCN[C@@H]2CN1CCC1. The van der Waals surface area contributed by atoms with Gasteiger partial charge in [0, 0.05) is 12.6 Å². The highest BCUT2D eigenvalue weighted by atomic mass is 15.2. The predicted octanol–water partition coefficient (Wildman–Crippen LogP) is 1.58. The van der Waals surface area contributed by atoms with E-state index in [0.29, 0.717) is 6.04 Å². The Morgan fingerprint density at radius 3 is 2.93 bits per heavy atom. The summed E-state index contributed by atoms with van der Waals surface area (Å²) in [4.78, 5) is 2.54. The van der Waals surface area contributed by atoms with Crippen LogP contribution in [0.5, 0.6) is 0 Å². The van der Waals surface area contributed by atoms with Gasteiger partial charge < -0.3 is 10.2 Å². The van der Waals surface area contributed by atoms with E-state index in [1.807, 2.05) is 0 Å². The lowest BCUT2D eigenvalue weighted by Gasteiger charge is -2.36. The van der Waals surface area contributed by atoms with Gasteiger partial charge in [-0.15, -0.1) is 0 Å². The van der Waals surface area contributed by atoms with E-state index in [2.05, 4.69) is 34.5 Å². The van der Waals surface area contributed by atoms with Gasteiger partial charge in [-0.05, 0) is 43.6 Å². The van der Waals surface area contributed by atoms with Crippen LogP contribution < -0.4 is 5.32 Å². The van der Waals surface area contributed by atoms with E-state index < -0.39 is 0 Å². The first-order valence-corrected chi connectivity index (χ1v) is 5.97. The summed E-state index contributed by atoms with van der Waals surface area (Å²) in [6, 6.07) is 9.45. The number of nitrogens with one attached hydrogen (secondary N) is 1. The molecule has 2 aliphatic rings. The maximum Gasteiger partial charge on any atom is 0.0452 e. The van der Waals surface area contributed by atoms with Crippen LogP contribution in [-0.2, 0) is 6.42 Å². The molecule has 15 heavy (non-hydrogen) atoms. The molecule has 2 heterocycles. The summed E-state index contributed by atoms with van der Waals surface area (Å²) in [5.41, 5.74) is 3.07. The molecule has 0 saturated carbocycles. The normalized spacial score (nSPS) is 25.7. The zero-order valence-corrected chi connectivity index (χ0v) is 9.08. The van der Waals surface area contributed by atoms with E-state index in [1.54, 1.807) is 5.56 Å². The average Bonchev–Trinajstić information content (AvgIpc) is 2.23. The summed E-state index contributed by atoms with van der Waals surface area (Å²) in [7, 11) is 0. The molecule has 1 fully saturated rings. The Bertz CT molecular complexity index is 344. The number of nitrogens with zero attached hydrogens (tertiary/aromatic N) is 1. The van der Waals surface area contributed by atoms with Crippen molar-refractivity contribution in [3.8, 4) is 0 Å². The minimum atomic E-state index is 0.565. The number of hydrogen-bond donors (Lipinski definition) is 1. The molecule has 3 rings (SSSR count). The van der Waals surface area contributed by atoms with Crippen molar-refractivity contribution >= 4 is 0 Å². The molecule has 2 nitrogen and oxygen atoms in total. The lowest BCUT2D eigenvalue weighted by molar-refractivity contribution is 0.159. The van der Waals surface area contributed by atoms with Crippen LogP contribution in [0, 0.1) is 0 Å². The van der Waals surface area contributed by atoms with Gasteiger partial charge >= 0.3 is 0 Å². The van der Waals surface area contributed by atoms with Crippen molar-refractivity contribution in [2.45, 2.75) is 18.9 Å². The highest BCUT2D eigenvalue weighted by Crippen LogP contribution is 2.24. The Balaban J connectivity index is 1.79. The zero-order valence-electron chi connectivity index (χ0n) is 9.08. The van der Waals surface area contributed by atoms with Crippen LogP contribution in [0.25, 0.3) is 0 Å². The third kappa shape index (κ3) is 1.80. The quantitative estimate of drug-likeness (QED) is 0.783. The molecule has 1 N–H and O–H groups in total. The van der Waals surface area contributed by atoms with Gasteiger partial charge in [-0.3, -0.25) is 0 Å². The molecule has 2 aliphatic heterocycles. The maximum atomic E-state index is 3.63. The topological polar surface area (TPSA) is 15.3 Å². The van der Waals surface area contributed by atoms with Gasteiger partial charge in [0.05, 0.1) is 0 Å². The molecule has 2 heteroatoms. The first kappa shape index (κ1) is 9.37. The average molecular weight is 202 g/mol. The lowest BCUT2D eigenvalue weighted by Crippen LogP contribution is -2.44. The predicted molar refractivity (Wildman–Crippen MR) is 61.9 cm³/mol. The summed E-state index contributed by atoms with van der Waals surface area (Å²) in [5, 5.41) is 3.63. The van der Waals surface area contributed by atoms with Gasteiger partial charge in [0.25, 0.3) is 0 Å². The Kier molecular flexibility index (Phi) is 2.47. The van der Waals surface area contributed by atoms with Crippen molar-refractivity contribution < 1.29 is 0 Å². The molecule has 0 radical (unpaired) electrons. The van der Waals surface area contributed by atoms with Crippen molar-refractivity contribution in [1.29, 1.82) is 0 Å². The molecular weight excluding hydrogens is 184 g/mol. The second kappa shape index (κ2) is 3.95. The van der Waals surface area contributed by atoms with Crippen LogP contribution in [-0.4, -0.2) is 31.1 Å². The first-order valence-electron chi connectivity index (χ1n) is 5.97. The fraction of sp³-hybridized carbons (Fsp3) is 0.538. The fourth-order valence-corrected chi connectivity index (χ4v) is 2.58. The van der Waals surface area contributed by atoms with Gasteiger partial charge in [0.15, 0.2) is 0 Å². The molecule has 0 spiro atoms. The fourth-order valence-electron chi connectivity index (χ4n) is 2.58. The van der Waals surface area contributed by atoms with E-state index in [1.165, 1.54) is 38.0 Å². The standard InChI is InChI=1S/C13H18N2/c1-2-5-12-11(4-1)6-7-14-13(12)10-15-8-3-9-15/h1-2,4-5,13-14H,3,6-10H2/t13-/m1/s1. The third-order valence-electron chi connectivity index (χ3n) is 3.61. The Morgan fingerprint density at radius 1 is 1.27 bits per heavy atom. The monoisotopic (exact) mass is 202 g/mol. The molecular formula is C13H18N2. The van der Waals surface area contributed by atoms with Crippen molar-refractivity contribution in [3.05, 3.63) is 35.4 Å². The van der Waals surface area contributed by atoms with Crippen LogP contribution >= 0.6 is 0 Å². The Labute approximate surface area is 91.3 Å². The molecule has 0 bridgehead atoms. The number of benzene rings is 1. The highest BCUT2D eigenvalue weighted by molar-refractivity contribution is 5.32. The third-order valence-corrected chi connectivity index (χ3v) is 3.61. The first-order chi connectivity index (χ1) is 7.43. The largest absolute Gasteiger partial charge is 0.309 e.